The number of piperidine rings is 1. The van der Waals surface area contributed by atoms with Crippen molar-refractivity contribution >= 4 is 32.3 Å². The van der Waals surface area contributed by atoms with E-state index in [0.29, 0.717) is 54.8 Å². The molecule has 4 rings (SSSR count). The van der Waals surface area contributed by atoms with Crippen molar-refractivity contribution in [2.75, 3.05) is 18.8 Å². The molecule has 1 aromatic heterocycles. The van der Waals surface area contributed by atoms with Crippen LogP contribution in [0.5, 0.6) is 0 Å². The number of H-pyrrole nitrogens is 1. The second kappa shape index (κ2) is 11.1. The van der Waals surface area contributed by atoms with E-state index in [4.69, 9.17) is 17.3 Å². The minimum absolute atomic E-state index is 0.249. The lowest BCUT2D eigenvalue weighted by molar-refractivity contribution is -0.138. The maximum atomic E-state index is 14.2. The summed E-state index contributed by atoms with van der Waals surface area (Å²) in [5.74, 6) is -0.496. The highest BCUT2D eigenvalue weighted by Crippen LogP contribution is 2.39. The molecule has 1 aliphatic heterocycles. The van der Waals surface area contributed by atoms with Crippen LogP contribution in [0, 0.1) is 0 Å². The molecule has 1 saturated heterocycles. The number of nitrogens with one attached hydrogen (secondary N) is 1. The Morgan fingerprint density at radius 3 is 2.34 bits per heavy atom. The zero-order chi connectivity index (χ0) is 30.5. The first-order valence-electron chi connectivity index (χ1n) is 12.4. The van der Waals surface area contributed by atoms with Gasteiger partial charge in [-0.2, -0.15) is 26.3 Å². The summed E-state index contributed by atoms with van der Waals surface area (Å²) in [6.45, 7) is 0.794. The van der Waals surface area contributed by atoms with Gasteiger partial charge in [0.1, 0.15) is 0 Å². The van der Waals surface area contributed by atoms with Gasteiger partial charge in [0, 0.05) is 19.1 Å². The van der Waals surface area contributed by atoms with Gasteiger partial charge in [-0.25, -0.2) is 13.2 Å². The Morgan fingerprint density at radius 2 is 1.76 bits per heavy atom. The molecular weight excluding hydrogens is 602 g/mol. The van der Waals surface area contributed by atoms with Gasteiger partial charge in [0.15, 0.2) is 9.84 Å². The van der Waals surface area contributed by atoms with E-state index in [1.165, 1.54) is 6.92 Å². The third-order valence-corrected chi connectivity index (χ3v) is 9.23. The zero-order valence-electron chi connectivity index (χ0n) is 21.5. The summed E-state index contributed by atoms with van der Waals surface area (Å²) in [5, 5.41) is -1.16. The summed E-state index contributed by atoms with van der Waals surface area (Å²) in [6.07, 6.45) is -8.48. The Kier molecular flexibility index (Phi) is 8.39. The maximum Gasteiger partial charge on any atom is 0.416 e. The third kappa shape index (κ3) is 6.32. The van der Waals surface area contributed by atoms with Crippen molar-refractivity contribution < 1.29 is 34.8 Å². The van der Waals surface area contributed by atoms with E-state index in [1.54, 1.807) is 4.90 Å². The molecule has 0 aliphatic carbocycles. The topological polar surface area (TPSA) is 118 Å². The lowest BCUT2D eigenvalue weighted by Crippen LogP contribution is -2.42. The van der Waals surface area contributed by atoms with Crippen LogP contribution in [-0.4, -0.2) is 47.8 Å². The van der Waals surface area contributed by atoms with Gasteiger partial charge in [0.25, 0.3) is 5.56 Å². The van der Waals surface area contributed by atoms with E-state index in [0.717, 1.165) is 0 Å². The van der Waals surface area contributed by atoms with Crippen molar-refractivity contribution in [3.63, 3.8) is 0 Å². The van der Waals surface area contributed by atoms with E-state index < -0.39 is 77.7 Å². The Labute approximate surface area is 234 Å². The number of hydrogen-bond donors (Lipinski definition) is 2. The number of hydrogen-bond acceptors (Lipinski definition) is 6. The quantitative estimate of drug-likeness (QED) is 0.397. The van der Waals surface area contributed by atoms with E-state index in [2.05, 4.69) is 4.98 Å². The maximum absolute atomic E-state index is 14.2. The molecule has 0 spiro atoms. The molecular formula is C25H25ClF6N4O4S. The van der Waals surface area contributed by atoms with E-state index in [1.807, 2.05) is 0 Å². The number of alkyl halides is 6. The van der Waals surface area contributed by atoms with E-state index in [9.17, 15) is 44.3 Å². The fourth-order valence-corrected chi connectivity index (χ4v) is 6.33. The first-order valence-corrected chi connectivity index (χ1v) is 14.4. The van der Waals surface area contributed by atoms with Crippen molar-refractivity contribution in [2.24, 2.45) is 5.73 Å². The van der Waals surface area contributed by atoms with Crippen molar-refractivity contribution in [3.8, 4) is 0 Å². The summed E-state index contributed by atoms with van der Waals surface area (Å²) in [6, 6.07) is 2.03. The second-order valence-corrected chi connectivity index (χ2v) is 12.4. The van der Waals surface area contributed by atoms with Gasteiger partial charge in [0.2, 0.25) is 0 Å². The van der Waals surface area contributed by atoms with Gasteiger partial charge >= 0.3 is 18.0 Å². The highest BCUT2D eigenvalue weighted by molar-refractivity contribution is 7.91. The first kappa shape index (κ1) is 31.1. The molecule has 0 saturated carbocycles. The molecule has 1 atom stereocenters. The number of nitrogens with zero attached hydrogens (tertiary/aromatic N) is 2. The average molecular weight is 627 g/mol. The summed E-state index contributed by atoms with van der Waals surface area (Å²) >= 11 is 6.36. The molecule has 2 heterocycles. The molecule has 16 heteroatoms. The molecule has 0 bridgehead atoms. The van der Waals surface area contributed by atoms with Crippen LogP contribution in [0.15, 0.2) is 38.8 Å². The van der Waals surface area contributed by atoms with Crippen molar-refractivity contribution in [1.29, 1.82) is 0 Å². The Bertz CT molecular complexity index is 1720. The molecule has 3 N–H and O–H groups in total. The number of halogens is 7. The van der Waals surface area contributed by atoms with Gasteiger partial charge in [0.05, 0.1) is 44.2 Å². The number of sulfone groups is 1. The predicted octanol–water partition coefficient (Wildman–Crippen LogP) is 4.15. The average Bonchev–Trinajstić information content (AvgIpc) is 2.87. The fraction of sp³-hybridized carbons (Fsp3) is 0.440. The SMILES string of the molecule is CCS(=O)(=O)c1ccc(C(F)(F)F)cc1Cn1c(=O)[nH]c2c(Cl)c(CN3CCC[C@@H](N)C3)c(C(F)(F)F)cc2c1=O. The molecule has 224 valence electrons. The number of likely N-dealkylation sites (tertiary alicyclic amines) is 1. The summed E-state index contributed by atoms with van der Waals surface area (Å²) in [4.78, 5) is 29.7. The van der Waals surface area contributed by atoms with Crippen molar-refractivity contribution in [1.82, 2.24) is 14.5 Å². The molecule has 0 radical (unpaired) electrons. The van der Waals surface area contributed by atoms with Gasteiger partial charge in [-0.15, -0.1) is 0 Å². The van der Waals surface area contributed by atoms with Gasteiger partial charge < -0.3 is 10.7 Å². The van der Waals surface area contributed by atoms with Crippen molar-refractivity contribution in [2.45, 2.75) is 56.1 Å². The van der Waals surface area contributed by atoms with Crippen LogP contribution in [0.25, 0.3) is 10.9 Å². The molecule has 0 amide bonds. The van der Waals surface area contributed by atoms with Crippen LogP contribution in [0.2, 0.25) is 5.02 Å². The first-order chi connectivity index (χ1) is 18.9. The van der Waals surface area contributed by atoms with Gasteiger partial charge in [-0.3, -0.25) is 14.3 Å². The third-order valence-electron chi connectivity index (χ3n) is 6.98. The zero-order valence-corrected chi connectivity index (χ0v) is 23.1. The Morgan fingerprint density at radius 1 is 1.07 bits per heavy atom. The van der Waals surface area contributed by atoms with Gasteiger partial charge in [-0.1, -0.05) is 18.5 Å². The number of aromatic amines is 1. The van der Waals surface area contributed by atoms with E-state index >= 15 is 0 Å². The molecule has 1 aliphatic rings. The normalized spacial score (nSPS) is 17.3. The van der Waals surface area contributed by atoms with Crippen LogP contribution >= 0.6 is 11.6 Å². The largest absolute Gasteiger partial charge is 0.416 e. The standard InChI is InChI=1S/C25H25ClF6N4O4S/c1-2-41(39,40)19-6-5-14(24(27,28)29)8-13(19)10-36-22(37)16-9-18(25(30,31)32)17(20(26)21(16)34-23(36)38)12-35-7-3-4-15(33)11-35/h5-6,8-9,15H,2-4,7,10-12,33H2,1H3,(H,34,38)/t15-/m1/s1. The Hall–Kier alpha value is -2.88. The summed E-state index contributed by atoms with van der Waals surface area (Å²) in [5.41, 5.74) is -0.302. The summed E-state index contributed by atoms with van der Waals surface area (Å²) in [7, 11) is -4.11. The Balaban J connectivity index is 1.92. The summed E-state index contributed by atoms with van der Waals surface area (Å²) < 4.78 is 108. The molecule has 8 nitrogen and oxygen atoms in total. The second-order valence-electron chi connectivity index (χ2n) is 9.82. The van der Waals surface area contributed by atoms with Crippen LogP contribution < -0.4 is 17.0 Å². The monoisotopic (exact) mass is 626 g/mol. The molecule has 3 aromatic rings. The van der Waals surface area contributed by atoms with Crippen molar-refractivity contribution in [3.05, 3.63) is 72.4 Å². The van der Waals surface area contributed by atoms with Crippen LogP contribution in [0.1, 0.15) is 42.0 Å². The highest BCUT2D eigenvalue weighted by atomic mass is 35.5. The predicted molar refractivity (Wildman–Crippen MR) is 140 cm³/mol. The van der Waals surface area contributed by atoms with Crippen LogP contribution in [-0.2, 0) is 35.3 Å². The molecule has 41 heavy (non-hydrogen) atoms. The van der Waals surface area contributed by atoms with Gasteiger partial charge in [-0.05, 0) is 54.8 Å². The lowest BCUT2D eigenvalue weighted by Gasteiger charge is -2.31. The van der Waals surface area contributed by atoms with Crippen LogP contribution in [0.3, 0.4) is 0 Å². The minimum Gasteiger partial charge on any atom is -0.327 e. The number of benzene rings is 2. The smallest absolute Gasteiger partial charge is 0.327 e. The number of aromatic nitrogens is 2. The number of nitrogens with two attached hydrogens (primary N) is 1. The lowest BCUT2D eigenvalue weighted by atomic mass is 10.0. The molecule has 2 aromatic carbocycles. The molecule has 1 fully saturated rings. The van der Waals surface area contributed by atoms with E-state index in [-0.39, 0.29) is 23.7 Å². The number of fused-ring (bicyclic) bond motifs is 1. The highest BCUT2D eigenvalue weighted by Gasteiger charge is 2.37. The van der Waals surface area contributed by atoms with Crippen LogP contribution in [0.4, 0.5) is 26.3 Å². The molecule has 0 unspecified atom stereocenters. The minimum atomic E-state index is -4.96. The number of rotatable bonds is 6. The fourth-order valence-electron chi connectivity index (χ4n) is 4.91.